The monoisotopic (exact) mass is 601 g/mol. The van der Waals surface area contributed by atoms with Crippen molar-refractivity contribution in [2.24, 2.45) is 0 Å². The molecular formula is C35H43N3O6. The van der Waals surface area contributed by atoms with Gasteiger partial charge < -0.3 is 39.6 Å². The molecule has 3 atom stereocenters. The van der Waals surface area contributed by atoms with Crippen LogP contribution >= 0.6 is 0 Å². The number of rotatable bonds is 9. The largest absolute Gasteiger partial charge is 0.392 e. The predicted molar refractivity (Wildman–Crippen MR) is 167 cm³/mol. The number of aliphatic hydroxyl groups is 1. The zero-order chi connectivity index (χ0) is 30.4. The minimum absolute atomic E-state index is 0.0154. The first-order valence-electron chi connectivity index (χ1n) is 15.7. The van der Waals surface area contributed by atoms with Crippen molar-refractivity contribution in [2.75, 3.05) is 39.4 Å². The van der Waals surface area contributed by atoms with Crippen molar-refractivity contribution >= 4 is 6.03 Å². The number of carbonyl (C=O) groups excluding carboxylic acids is 1. The van der Waals surface area contributed by atoms with E-state index in [0.29, 0.717) is 26.3 Å². The Morgan fingerprint density at radius 3 is 2.32 bits per heavy atom. The molecule has 0 bridgehead atoms. The highest BCUT2D eigenvalue weighted by atomic mass is 16.7. The van der Waals surface area contributed by atoms with Gasteiger partial charge in [-0.1, -0.05) is 72.8 Å². The molecule has 0 unspecified atom stereocenters. The molecule has 0 aliphatic carbocycles. The van der Waals surface area contributed by atoms with Crippen LogP contribution in [-0.4, -0.2) is 67.3 Å². The zero-order valence-electron chi connectivity index (χ0n) is 25.4. The van der Waals surface area contributed by atoms with Crippen molar-refractivity contribution in [1.82, 2.24) is 15.5 Å². The van der Waals surface area contributed by atoms with Gasteiger partial charge in [0.15, 0.2) is 12.1 Å². The van der Waals surface area contributed by atoms with E-state index in [9.17, 15) is 9.90 Å². The number of ether oxygens (including phenoxy) is 4. The summed E-state index contributed by atoms with van der Waals surface area (Å²) < 4.78 is 25.1. The fourth-order valence-electron chi connectivity index (χ4n) is 6.36. The molecular weight excluding hydrogens is 558 g/mol. The summed E-state index contributed by atoms with van der Waals surface area (Å²) in [6, 6.07) is 24.3. The smallest absolute Gasteiger partial charge is 0.315 e. The normalized spacial score (nSPS) is 23.5. The van der Waals surface area contributed by atoms with Crippen LogP contribution in [0, 0.1) is 0 Å². The summed E-state index contributed by atoms with van der Waals surface area (Å²) in [7, 11) is 0. The van der Waals surface area contributed by atoms with Crippen LogP contribution in [-0.2, 0) is 32.1 Å². The fraction of sp³-hybridized carbons (Fsp3) is 0.457. The van der Waals surface area contributed by atoms with E-state index in [1.54, 1.807) is 0 Å². The van der Waals surface area contributed by atoms with Crippen LogP contribution in [0.15, 0.2) is 72.8 Å². The summed E-state index contributed by atoms with van der Waals surface area (Å²) in [4.78, 5) is 14.4. The Morgan fingerprint density at radius 2 is 1.61 bits per heavy atom. The molecule has 3 saturated heterocycles. The number of benzene rings is 3. The van der Waals surface area contributed by atoms with Gasteiger partial charge in [-0.15, -0.1) is 0 Å². The van der Waals surface area contributed by atoms with Crippen LogP contribution in [0.4, 0.5) is 4.79 Å². The van der Waals surface area contributed by atoms with Gasteiger partial charge >= 0.3 is 6.03 Å². The second-order valence-electron chi connectivity index (χ2n) is 11.8. The van der Waals surface area contributed by atoms with Crippen molar-refractivity contribution in [1.29, 1.82) is 0 Å². The van der Waals surface area contributed by atoms with E-state index in [-0.39, 0.29) is 24.8 Å². The summed E-state index contributed by atoms with van der Waals surface area (Å²) in [5.74, 6) is -0.398. The van der Waals surface area contributed by atoms with Crippen molar-refractivity contribution < 1.29 is 28.8 Å². The Hall–Kier alpha value is -3.31. The van der Waals surface area contributed by atoms with E-state index in [2.05, 4.69) is 45.9 Å². The molecule has 44 heavy (non-hydrogen) atoms. The van der Waals surface area contributed by atoms with Crippen LogP contribution in [0.5, 0.6) is 0 Å². The molecule has 3 aliphatic heterocycles. The van der Waals surface area contributed by atoms with E-state index in [1.165, 1.54) is 0 Å². The maximum Gasteiger partial charge on any atom is 0.315 e. The fourth-order valence-corrected chi connectivity index (χ4v) is 6.36. The van der Waals surface area contributed by atoms with Gasteiger partial charge in [-0.2, -0.15) is 0 Å². The Bertz CT molecular complexity index is 1370. The molecule has 3 aromatic carbocycles. The Labute approximate surface area is 259 Å². The number of nitrogens with zero attached hydrogens (tertiary/aromatic N) is 1. The summed E-state index contributed by atoms with van der Waals surface area (Å²) in [5.41, 5.74) is 6.09. The highest BCUT2D eigenvalue weighted by Gasteiger charge is 2.41. The number of hydrogen-bond acceptors (Lipinski definition) is 7. The maximum atomic E-state index is 12.0. The quantitative estimate of drug-likeness (QED) is 0.316. The number of amides is 2. The molecule has 3 fully saturated rings. The first-order chi connectivity index (χ1) is 21.5. The molecule has 1 spiro atoms. The lowest BCUT2D eigenvalue weighted by Gasteiger charge is -2.41. The van der Waals surface area contributed by atoms with Gasteiger partial charge in [0.25, 0.3) is 0 Å². The van der Waals surface area contributed by atoms with E-state index in [0.717, 1.165) is 72.3 Å². The predicted octanol–water partition coefficient (Wildman–Crippen LogP) is 5.05. The van der Waals surface area contributed by atoms with E-state index in [1.807, 2.05) is 49.4 Å². The first kappa shape index (κ1) is 30.7. The van der Waals surface area contributed by atoms with Crippen LogP contribution in [0.2, 0.25) is 0 Å². The SMILES string of the molecule is CCNC(=O)NCc1ccccc1-c1ccc([C@@H]2O[C@H](CN3CCC4(CC3)OCCO4)C[C@H](c3ccc(CO)cc3)O2)cc1. The van der Waals surface area contributed by atoms with Gasteiger partial charge in [-0.25, -0.2) is 4.79 Å². The number of likely N-dealkylation sites (tertiary alicyclic amines) is 1. The summed E-state index contributed by atoms with van der Waals surface area (Å²) in [6.45, 7) is 6.92. The Balaban J connectivity index is 1.17. The molecule has 3 heterocycles. The number of piperidine rings is 1. The molecule has 2 amide bonds. The molecule has 0 saturated carbocycles. The minimum Gasteiger partial charge on any atom is -0.392 e. The van der Waals surface area contributed by atoms with Gasteiger partial charge in [0.05, 0.1) is 32.0 Å². The first-order valence-corrected chi connectivity index (χ1v) is 15.7. The number of nitrogens with one attached hydrogen (secondary N) is 2. The number of urea groups is 1. The number of hydrogen-bond donors (Lipinski definition) is 3. The second kappa shape index (κ2) is 14.2. The van der Waals surface area contributed by atoms with Gasteiger partial charge in [-0.05, 0) is 34.7 Å². The highest BCUT2D eigenvalue weighted by molar-refractivity contribution is 5.74. The molecule has 3 N–H and O–H groups in total. The van der Waals surface area contributed by atoms with Gasteiger partial charge in [0.2, 0.25) is 0 Å². The zero-order valence-corrected chi connectivity index (χ0v) is 25.4. The molecule has 0 aromatic heterocycles. The third-order valence-electron chi connectivity index (χ3n) is 8.80. The van der Waals surface area contributed by atoms with Crippen molar-refractivity contribution in [2.45, 2.75) is 63.6 Å². The van der Waals surface area contributed by atoms with Crippen LogP contribution in [0.25, 0.3) is 11.1 Å². The molecule has 9 nitrogen and oxygen atoms in total. The van der Waals surface area contributed by atoms with Crippen molar-refractivity contribution in [3.05, 3.63) is 95.1 Å². The van der Waals surface area contributed by atoms with Crippen molar-refractivity contribution in [3.8, 4) is 11.1 Å². The van der Waals surface area contributed by atoms with Crippen LogP contribution in [0.1, 0.15) is 60.8 Å². The lowest BCUT2D eigenvalue weighted by atomic mass is 9.97. The Morgan fingerprint density at radius 1 is 0.909 bits per heavy atom. The summed E-state index contributed by atoms with van der Waals surface area (Å²) in [6.07, 6.45) is 1.81. The molecule has 0 radical (unpaired) electrons. The van der Waals surface area contributed by atoms with Crippen LogP contribution < -0.4 is 10.6 Å². The van der Waals surface area contributed by atoms with E-state index in [4.69, 9.17) is 18.9 Å². The van der Waals surface area contributed by atoms with Gasteiger partial charge in [-0.3, -0.25) is 0 Å². The third kappa shape index (κ3) is 7.31. The second-order valence-corrected chi connectivity index (χ2v) is 11.8. The lowest BCUT2D eigenvalue weighted by molar-refractivity contribution is -0.255. The van der Waals surface area contributed by atoms with E-state index >= 15 is 0 Å². The average molecular weight is 602 g/mol. The molecule has 9 heteroatoms. The van der Waals surface area contributed by atoms with Crippen LogP contribution in [0.3, 0.4) is 0 Å². The van der Waals surface area contributed by atoms with Gasteiger partial charge in [0, 0.05) is 57.5 Å². The lowest BCUT2D eigenvalue weighted by Crippen LogP contribution is -2.48. The summed E-state index contributed by atoms with van der Waals surface area (Å²) >= 11 is 0. The maximum absolute atomic E-state index is 12.0. The molecule has 6 rings (SSSR count). The van der Waals surface area contributed by atoms with Crippen molar-refractivity contribution in [3.63, 3.8) is 0 Å². The standard InChI is InChI=1S/C35H43N3O6/c1-2-36-34(40)37-22-29-5-3-4-6-31(29)26-11-13-28(14-12-26)33-43-30(21-32(44-33)27-9-7-25(24-39)8-10-27)23-38-17-15-35(16-18-38)41-19-20-42-35/h3-14,30,32-33,39H,2,15-24H2,1H3,(H2,36,37,40)/t30-,32+,33+/m0/s1. The minimum atomic E-state index is -0.516. The molecule has 3 aromatic rings. The van der Waals surface area contributed by atoms with E-state index < -0.39 is 12.1 Å². The molecule has 3 aliphatic rings. The average Bonchev–Trinajstić information content (AvgIpc) is 3.53. The molecule has 234 valence electrons. The summed E-state index contributed by atoms with van der Waals surface area (Å²) in [5, 5.41) is 15.2. The third-order valence-corrected chi connectivity index (χ3v) is 8.80. The van der Waals surface area contributed by atoms with Gasteiger partial charge in [0.1, 0.15) is 0 Å². The number of aliphatic hydroxyl groups excluding tert-OH is 1. The Kier molecular flexibility index (Phi) is 9.91. The highest BCUT2D eigenvalue weighted by Crippen LogP contribution is 2.39. The number of carbonyl (C=O) groups is 1. The topological polar surface area (TPSA) is 102 Å².